The molecule has 3 aromatic rings. The number of carbonyl (C=O) groups is 1. The molecular formula is C25H28N2O3S. The third-order valence-electron chi connectivity index (χ3n) is 5.69. The van der Waals surface area contributed by atoms with Gasteiger partial charge in [-0.05, 0) is 65.2 Å². The van der Waals surface area contributed by atoms with Crippen LogP contribution in [-0.4, -0.2) is 31.7 Å². The highest BCUT2D eigenvalue weighted by molar-refractivity contribution is 7.10. The van der Waals surface area contributed by atoms with E-state index in [1.165, 1.54) is 11.1 Å². The van der Waals surface area contributed by atoms with Crippen molar-refractivity contribution in [2.24, 2.45) is 0 Å². The Morgan fingerprint density at radius 1 is 1.13 bits per heavy atom. The van der Waals surface area contributed by atoms with Gasteiger partial charge in [-0.25, -0.2) is 4.79 Å². The lowest BCUT2D eigenvalue weighted by Gasteiger charge is -2.37. The molecule has 4 rings (SSSR count). The zero-order valence-electron chi connectivity index (χ0n) is 18.2. The number of carbonyl (C=O) groups excluding carboxylic acids is 1. The van der Waals surface area contributed by atoms with Crippen LogP contribution in [0.5, 0.6) is 11.5 Å². The second-order valence-corrected chi connectivity index (χ2v) is 8.62. The molecule has 1 atom stereocenters. The lowest BCUT2D eigenvalue weighted by Crippen LogP contribution is -2.42. The van der Waals surface area contributed by atoms with Gasteiger partial charge in [-0.3, -0.25) is 0 Å². The first-order valence-electron chi connectivity index (χ1n) is 10.6. The van der Waals surface area contributed by atoms with E-state index < -0.39 is 0 Å². The number of nitrogens with zero attached hydrogens (tertiary/aromatic N) is 1. The second kappa shape index (κ2) is 9.43. The SMILES string of the molecule is CCCc1ccc(NC(=O)N2CCc3cc(OC)c(OC)cc3C2c2cccs2)cc1. The fourth-order valence-electron chi connectivity index (χ4n) is 4.16. The Kier molecular flexibility index (Phi) is 6.47. The van der Waals surface area contributed by atoms with Gasteiger partial charge in [0, 0.05) is 17.1 Å². The molecule has 31 heavy (non-hydrogen) atoms. The van der Waals surface area contributed by atoms with Gasteiger partial charge < -0.3 is 19.7 Å². The molecule has 1 aliphatic heterocycles. The number of thiophene rings is 1. The number of anilines is 1. The highest BCUT2D eigenvalue weighted by Gasteiger charge is 2.34. The van der Waals surface area contributed by atoms with E-state index in [9.17, 15) is 4.79 Å². The molecule has 0 saturated heterocycles. The van der Waals surface area contributed by atoms with Crippen LogP contribution >= 0.6 is 11.3 Å². The van der Waals surface area contributed by atoms with E-state index in [2.05, 4.69) is 30.4 Å². The Labute approximate surface area is 187 Å². The third kappa shape index (κ3) is 4.39. The van der Waals surface area contributed by atoms with Gasteiger partial charge >= 0.3 is 6.03 Å². The summed E-state index contributed by atoms with van der Waals surface area (Å²) in [6.07, 6.45) is 2.92. The van der Waals surface area contributed by atoms with Gasteiger partial charge in [0.15, 0.2) is 11.5 Å². The van der Waals surface area contributed by atoms with E-state index in [1.54, 1.807) is 25.6 Å². The van der Waals surface area contributed by atoms with Gasteiger partial charge in [0.05, 0.1) is 20.3 Å². The number of aryl methyl sites for hydroxylation is 1. The molecule has 0 radical (unpaired) electrons. The minimum atomic E-state index is -0.164. The van der Waals surface area contributed by atoms with Crippen LogP contribution < -0.4 is 14.8 Å². The zero-order valence-corrected chi connectivity index (χ0v) is 19.0. The molecule has 0 spiro atoms. The van der Waals surface area contributed by atoms with E-state index >= 15 is 0 Å². The average Bonchev–Trinajstić information content (AvgIpc) is 3.33. The number of rotatable bonds is 6. The summed E-state index contributed by atoms with van der Waals surface area (Å²) >= 11 is 1.66. The summed E-state index contributed by atoms with van der Waals surface area (Å²) in [6, 6.07) is 16.0. The van der Waals surface area contributed by atoms with Crippen LogP contribution in [0.3, 0.4) is 0 Å². The smallest absolute Gasteiger partial charge is 0.322 e. The van der Waals surface area contributed by atoms with Crippen molar-refractivity contribution in [1.29, 1.82) is 0 Å². The Morgan fingerprint density at radius 3 is 2.52 bits per heavy atom. The van der Waals surface area contributed by atoms with Crippen molar-refractivity contribution < 1.29 is 14.3 Å². The normalized spacial score (nSPS) is 15.3. The van der Waals surface area contributed by atoms with Crippen LogP contribution in [0.2, 0.25) is 0 Å². The van der Waals surface area contributed by atoms with E-state index in [-0.39, 0.29) is 12.1 Å². The van der Waals surface area contributed by atoms with Gasteiger partial charge in [-0.1, -0.05) is 31.5 Å². The molecule has 1 aliphatic rings. The molecule has 1 unspecified atom stereocenters. The minimum Gasteiger partial charge on any atom is -0.493 e. The van der Waals surface area contributed by atoms with Gasteiger partial charge in [0.2, 0.25) is 0 Å². The number of urea groups is 1. The molecule has 2 amide bonds. The fraction of sp³-hybridized carbons (Fsp3) is 0.320. The van der Waals surface area contributed by atoms with Crippen LogP contribution in [0.15, 0.2) is 53.9 Å². The van der Waals surface area contributed by atoms with E-state index in [0.29, 0.717) is 12.3 Å². The molecule has 1 N–H and O–H groups in total. The first-order chi connectivity index (χ1) is 15.1. The highest BCUT2D eigenvalue weighted by atomic mass is 32.1. The molecule has 2 heterocycles. The molecule has 5 nitrogen and oxygen atoms in total. The number of nitrogens with one attached hydrogen (secondary N) is 1. The van der Waals surface area contributed by atoms with Gasteiger partial charge in [-0.15, -0.1) is 11.3 Å². The standard InChI is InChI=1S/C25H28N2O3S/c1-4-6-17-8-10-19(11-9-17)26-25(28)27-13-12-18-15-21(29-2)22(30-3)16-20(18)24(27)23-7-5-14-31-23/h5,7-11,14-16,24H,4,6,12-13H2,1-3H3,(H,26,28). The lowest BCUT2D eigenvalue weighted by molar-refractivity contribution is 0.194. The van der Waals surface area contributed by atoms with Crippen molar-refractivity contribution in [2.75, 3.05) is 26.1 Å². The summed E-state index contributed by atoms with van der Waals surface area (Å²) in [6.45, 7) is 2.80. The van der Waals surface area contributed by atoms with Gasteiger partial charge in [0.1, 0.15) is 0 Å². The van der Waals surface area contributed by atoms with Crippen molar-refractivity contribution in [2.45, 2.75) is 32.2 Å². The molecule has 0 aliphatic carbocycles. The predicted molar refractivity (Wildman–Crippen MR) is 126 cm³/mol. The van der Waals surface area contributed by atoms with Crippen LogP contribution in [0.25, 0.3) is 0 Å². The highest BCUT2D eigenvalue weighted by Crippen LogP contribution is 2.42. The fourth-order valence-corrected chi connectivity index (χ4v) is 5.01. The number of hydrogen-bond acceptors (Lipinski definition) is 4. The van der Waals surface area contributed by atoms with Crippen molar-refractivity contribution in [1.82, 2.24) is 4.90 Å². The van der Waals surface area contributed by atoms with E-state index in [0.717, 1.165) is 41.1 Å². The van der Waals surface area contributed by atoms with Gasteiger partial charge in [-0.2, -0.15) is 0 Å². The Bertz CT molecular complexity index is 1030. The topological polar surface area (TPSA) is 50.8 Å². The molecule has 0 fully saturated rings. The molecular weight excluding hydrogens is 408 g/mol. The average molecular weight is 437 g/mol. The lowest BCUT2D eigenvalue weighted by atomic mass is 9.91. The molecule has 0 bridgehead atoms. The summed E-state index contributed by atoms with van der Waals surface area (Å²) in [5.41, 5.74) is 4.36. The first-order valence-corrected chi connectivity index (χ1v) is 11.5. The predicted octanol–water partition coefficient (Wildman–Crippen LogP) is 5.90. The summed E-state index contributed by atoms with van der Waals surface area (Å²) in [5.74, 6) is 1.40. The first kappa shape index (κ1) is 21.2. The molecule has 1 aromatic heterocycles. The van der Waals surface area contributed by atoms with Crippen LogP contribution in [0.1, 0.15) is 41.0 Å². The maximum Gasteiger partial charge on any atom is 0.322 e. The second-order valence-electron chi connectivity index (χ2n) is 7.64. The molecule has 162 valence electrons. The number of amides is 2. The monoisotopic (exact) mass is 436 g/mol. The summed E-state index contributed by atoms with van der Waals surface area (Å²) in [5, 5.41) is 5.14. The molecule has 2 aromatic carbocycles. The van der Waals surface area contributed by atoms with Crippen LogP contribution in [-0.2, 0) is 12.8 Å². The van der Waals surface area contributed by atoms with Crippen LogP contribution in [0, 0.1) is 0 Å². The number of benzene rings is 2. The Balaban J connectivity index is 1.65. The summed E-state index contributed by atoms with van der Waals surface area (Å²) in [7, 11) is 3.29. The maximum atomic E-state index is 13.3. The van der Waals surface area contributed by atoms with Crippen molar-refractivity contribution in [3.63, 3.8) is 0 Å². The maximum absolute atomic E-state index is 13.3. The quantitative estimate of drug-likeness (QED) is 0.524. The summed E-state index contributed by atoms with van der Waals surface area (Å²) < 4.78 is 11.0. The zero-order chi connectivity index (χ0) is 21.8. The summed E-state index contributed by atoms with van der Waals surface area (Å²) in [4.78, 5) is 16.4. The number of methoxy groups -OCH3 is 2. The number of ether oxygens (including phenoxy) is 2. The molecule has 6 heteroatoms. The largest absolute Gasteiger partial charge is 0.493 e. The Hall–Kier alpha value is -2.99. The van der Waals surface area contributed by atoms with Gasteiger partial charge in [0.25, 0.3) is 0 Å². The minimum absolute atomic E-state index is 0.0953. The number of hydrogen-bond donors (Lipinski definition) is 1. The molecule has 0 saturated carbocycles. The van der Waals surface area contributed by atoms with Crippen molar-refractivity contribution in [3.05, 3.63) is 75.5 Å². The van der Waals surface area contributed by atoms with E-state index in [1.807, 2.05) is 40.6 Å². The van der Waals surface area contributed by atoms with Crippen molar-refractivity contribution >= 4 is 23.1 Å². The van der Waals surface area contributed by atoms with E-state index in [4.69, 9.17) is 9.47 Å². The third-order valence-corrected chi connectivity index (χ3v) is 6.62. The van der Waals surface area contributed by atoms with Crippen LogP contribution in [0.4, 0.5) is 10.5 Å². The Morgan fingerprint density at radius 2 is 1.87 bits per heavy atom. The van der Waals surface area contributed by atoms with Crippen molar-refractivity contribution in [3.8, 4) is 11.5 Å². The number of fused-ring (bicyclic) bond motifs is 1.